The summed E-state index contributed by atoms with van der Waals surface area (Å²) < 4.78 is 0. The van der Waals surface area contributed by atoms with Gasteiger partial charge in [-0.3, -0.25) is 4.98 Å². The van der Waals surface area contributed by atoms with Gasteiger partial charge >= 0.3 is 0 Å². The minimum atomic E-state index is -0.277. The second-order valence-corrected chi connectivity index (χ2v) is 4.12. The lowest BCUT2D eigenvalue weighted by Crippen LogP contribution is -2.03. The molecule has 1 fully saturated rings. The minimum absolute atomic E-state index is 0.277. The Morgan fingerprint density at radius 3 is 3.00 bits per heavy atom. The van der Waals surface area contributed by atoms with E-state index in [0.717, 1.165) is 24.3 Å². The topological polar surface area (TPSA) is 33.1 Å². The molecule has 1 saturated carbocycles. The molecular weight excluding hydrogens is 174 g/mol. The average Bonchev–Trinajstić information content (AvgIpc) is 3.01. The second-order valence-electron chi connectivity index (χ2n) is 4.12. The number of rotatable bonds is 4. The standard InChI is InChI=1S/C12H17NO/c1-2-10-8-13-6-5-11(10)12(14)7-9-3-4-9/h5-6,8-9,12,14H,2-4,7H2,1H3. The minimum Gasteiger partial charge on any atom is -0.388 e. The van der Waals surface area contributed by atoms with Crippen LogP contribution in [0.25, 0.3) is 0 Å². The van der Waals surface area contributed by atoms with Crippen LogP contribution in [0.15, 0.2) is 18.5 Å². The van der Waals surface area contributed by atoms with Crippen molar-refractivity contribution in [2.75, 3.05) is 0 Å². The zero-order valence-electron chi connectivity index (χ0n) is 8.61. The Hall–Kier alpha value is -0.890. The molecule has 2 nitrogen and oxygen atoms in total. The lowest BCUT2D eigenvalue weighted by atomic mass is 9.99. The fourth-order valence-corrected chi connectivity index (χ4v) is 1.85. The van der Waals surface area contributed by atoms with Gasteiger partial charge in [-0.1, -0.05) is 19.8 Å². The maximum Gasteiger partial charge on any atom is 0.0796 e. The van der Waals surface area contributed by atoms with E-state index in [1.54, 1.807) is 6.20 Å². The zero-order chi connectivity index (χ0) is 9.97. The fourth-order valence-electron chi connectivity index (χ4n) is 1.85. The van der Waals surface area contributed by atoms with Crippen LogP contribution in [0.4, 0.5) is 0 Å². The van der Waals surface area contributed by atoms with Crippen LogP contribution in [-0.2, 0) is 6.42 Å². The van der Waals surface area contributed by atoms with E-state index in [-0.39, 0.29) is 6.10 Å². The van der Waals surface area contributed by atoms with Gasteiger partial charge in [0.1, 0.15) is 0 Å². The smallest absolute Gasteiger partial charge is 0.0796 e. The van der Waals surface area contributed by atoms with Crippen LogP contribution in [0.3, 0.4) is 0 Å². The lowest BCUT2D eigenvalue weighted by molar-refractivity contribution is 0.159. The van der Waals surface area contributed by atoms with Gasteiger partial charge < -0.3 is 5.11 Å². The Labute approximate surface area is 85.0 Å². The normalized spacial score (nSPS) is 18.1. The molecule has 0 aliphatic heterocycles. The summed E-state index contributed by atoms with van der Waals surface area (Å²) >= 11 is 0. The molecule has 0 spiro atoms. The average molecular weight is 191 g/mol. The third-order valence-corrected chi connectivity index (χ3v) is 2.93. The predicted octanol–water partition coefficient (Wildman–Crippen LogP) is 2.48. The number of pyridine rings is 1. The SMILES string of the molecule is CCc1cnccc1C(O)CC1CC1. The highest BCUT2D eigenvalue weighted by molar-refractivity contribution is 5.25. The molecule has 1 aromatic heterocycles. The van der Waals surface area contributed by atoms with Gasteiger partial charge in [0.15, 0.2) is 0 Å². The molecule has 2 rings (SSSR count). The molecule has 1 atom stereocenters. The fraction of sp³-hybridized carbons (Fsp3) is 0.583. The summed E-state index contributed by atoms with van der Waals surface area (Å²) in [5.41, 5.74) is 2.26. The van der Waals surface area contributed by atoms with E-state index in [1.165, 1.54) is 18.4 Å². The molecule has 76 valence electrons. The van der Waals surface area contributed by atoms with Gasteiger partial charge in [-0.25, -0.2) is 0 Å². The summed E-state index contributed by atoms with van der Waals surface area (Å²) in [5.74, 6) is 0.767. The highest BCUT2D eigenvalue weighted by atomic mass is 16.3. The van der Waals surface area contributed by atoms with Gasteiger partial charge in [-0.15, -0.1) is 0 Å². The first-order valence-corrected chi connectivity index (χ1v) is 5.42. The second kappa shape index (κ2) is 4.09. The van der Waals surface area contributed by atoms with Crippen molar-refractivity contribution in [2.45, 2.75) is 38.7 Å². The quantitative estimate of drug-likeness (QED) is 0.793. The molecule has 1 heterocycles. The van der Waals surface area contributed by atoms with Gasteiger partial charge in [0.2, 0.25) is 0 Å². The van der Waals surface area contributed by atoms with Gasteiger partial charge in [-0.05, 0) is 36.0 Å². The Kier molecular flexibility index (Phi) is 2.82. The number of aliphatic hydroxyl groups is 1. The number of aliphatic hydroxyl groups excluding tert-OH is 1. The van der Waals surface area contributed by atoms with Crippen LogP contribution in [-0.4, -0.2) is 10.1 Å². The summed E-state index contributed by atoms with van der Waals surface area (Å²) in [6.45, 7) is 2.10. The van der Waals surface area contributed by atoms with Crippen LogP contribution in [0.1, 0.15) is 43.4 Å². The Morgan fingerprint density at radius 2 is 2.36 bits per heavy atom. The van der Waals surface area contributed by atoms with Gasteiger partial charge in [0, 0.05) is 12.4 Å². The van der Waals surface area contributed by atoms with Crippen LogP contribution in [0.2, 0.25) is 0 Å². The maximum atomic E-state index is 10.0. The first-order valence-electron chi connectivity index (χ1n) is 5.42. The highest BCUT2D eigenvalue weighted by Crippen LogP contribution is 2.38. The summed E-state index contributed by atoms with van der Waals surface area (Å²) in [4.78, 5) is 4.08. The Balaban J connectivity index is 2.11. The van der Waals surface area contributed by atoms with Crippen molar-refractivity contribution in [3.63, 3.8) is 0 Å². The molecular formula is C12H17NO. The molecule has 1 aliphatic rings. The van der Waals surface area contributed by atoms with Crippen molar-refractivity contribution in [3.8, 4) is 0 Å². The first-order chi connectivity index (χ1) is 6.81. The van der Waals surface area contributed by atoms with Crippen molar-refractivity contribution in [1.29, 1.82) is 0 Å². The van der Waals surface area contributed by atoms with E-state index in [1.807, 2.05) is 12.3 Å². The van der Waals surface area contributed by atoms with E-state index in [0.29, 0.717) is 0 Å². The molecule has 0 radical (unpaired) electrons. The maximum absolute atomic E-state index is 10.0. The lowest BCUT2D eigenvalue weighted by Gasteiger charge is -2.13. The van der Waals surface area contributed by atoms with Crippen LogP contribution >= 0.6 is 0 Å². The van der Waals surface area contributed by atoms with Gasteiger partial charge in [0.25, 0.3) is 0 Å². The van der Waals surface area contributed by atoms with Crippen molar-refractivity contribution < 1.29 is 5.11 Å². The van der Waals surface area contributed by atoms with Crippen LogP contribution in [0.5, 0.6) is 0 Å². The molecule has 1 aliphatic carbocycles. The monoisotopic (exact) mass is 191 g/mol. The summed E-state index contributed by atoms with van der Waals surface area (Å²) in [5, 5.41) is 10.0. The predicted molar refractivity (Wildman–Crippen MR) is 55.9 cm³/mol. The zero-order valence-corrected chi connectivity index (χ0v) is 8.61. The molecule has 2 heteroatoms. The van der Waals surface area contributed by atoms with Crippen LogP contribution in [0, 0.1) is 5.92 Å². The number of hydrogen-bond donors (Lipinski definition) is 1. The Morgan fingerprint density at radius 1 is 1.57 bits per heavy atom. The molecule has 0 saturated heterocycles. The molecule has 1 N–H and O–H groups in total. The van der Waals surface area contributed by atoms with Crippen molar-refractivity contribution in [2.24, 2.45) is 5.92 Å². The largest absolute Gasteiger partial charge is 0.388 e. The van der Waals surface area contributed by atoms with E-state index in [9.17, 15) is 5.11 Å². The number of hydrogen-bond acceptors (Lipinski definition) is 2. The molecule has 0 bridgehead atoms. The summed E-state index contributed by atoms with van der Waals surface area (Å²) in [6, 6.07) is 1.95. The van der Waals surface area contributed by atoms with E-state index in [4.69, 9.17) is 0 Å². The molecule has 1 aromatic rings. The van der Waals surface area contributed by atoms with E-state index >= 15 is 0 Å². The highest BCUT2D eigenvalue weighted by Gasteiger charge is 2.25. The number of aromatic nitrogens is 1. The molecule has 14 heavy (non-hydrogen) atoms. The molecule has 0 amide bonds. The Bertz CT molecular complexity index is 307. The van der Waals surface area contributed by atoms with Gasteiger partial charge in [-0.2, -0.15) is 0 Å². The third-order valence-electron chi connectivity index (χ3n) is 2.93. The van der Waals surface area contributed by atoms with Crippen LogP contribution < -0.4 is 0 Å². The number of nitrogens with zero attached hydrogens (tertiary/aromatic N) is 1. The van der Waals surface area contributed by atoms with Crippen molar-refractivity contribution >= 4 is 0 Å². The summed E-state index contributed by atoms with van der Waals surface area (Å²) in [6.07, 6.45) is 7.82. The van der Waals surface area contributed by atoms with Crippen molar-refractivity contribution in [1.82, 2.24) is 4.98 Å². The third kappa shape index (κ3) is 2.13. The number of aryl methyl sites for hydroxylation is 1. The molecule has 1 unspecified atom stereocenters. The van der Waals surface area contributed by atoms with E-state index in [2.05, 4.69) is 11.9 Å². The summed E-state index contributed by atoms with van der Waals surface area (Å²) in [7, 11) is 0. The van der Waals surface area contributed by atoms with E-state index < -0.39 is 0 Å². The van der Waals surface area contributed by atoms with Gasteiger partial charge in [0.05, 0.1) is 6.10 Å². The van der Waals surface area contributed by atoms with Crippen molar-refractivity contribution in [3.05, 3.63) is 29.6 Å². The first kappa shape index (κ1) is 9.66. The molecule has 0 aromatic carbocycles.